The molecule has 21 heavy (non-hydrogen) atoms. The maximum atomic E-state index is 6.34. The predicted molar refractivity (Wildman–Crippen MR) is 79.3 cm³/mol. The normalized spacial score (nSPS) is 25.4. The van der Waals surface area contributed by atoms with E-state index in [4.69, 9.17) is 32.7 Å². The zero-order chi connectivity index (χ0) is 14.9. The highest BCUT2D eigenvalue weighted by Gasteiger charge is 2.44. The van der Waals surface area contributed by atoms with E-state index < -0.39 is 5.79 Å². The van der Waals surface area contributed by atoms with Crippen molar-refractivity contribution in [3.8, 4) is 0 Å². The number of nitrogens with zero attached hydrogens (tertiary/aromatic N) is 3. The van der Waals surface area contributed by atoms with Crippen molar-refractivity contribution in [3.63, 3.8) is 0 Å². The van der Waals surface area contributed by atoms with Gasteiger partial charge in [-0.25, -0.2) is 4.68 Å². The molecule has 0 bridgehead atoms. The third-order valence-corrected chi connectivity index (χ3v) is 4.05. The van der Waals surface area contributed by atoms with Gasteiger partial charge >= 0.3 is 0 Å². The molecule has 2 atom stereocenters. The summed E-state index contributed by atoms with van der Waals surface area (Å²) in [5.41, 5.74) is 0.750. The second kappa shape index (κ2) is 5.93. The van der Waals surface area contributed by atoms with E-state index in [1.54, 1.807) is 29.2 Å². The summed E-state index contributed by atoms with van der Waals surface area (Å²) in [6.07, 6.45) is 4.27. The van der Waals surface area contributed by atoms with Crippen LogP contribution in [0.1, 0.15) is 18.9 Å². The first-order valence-corrected chi connectivity index (χ1v) is 7.50. The molecule has 1 aliphatic heterocycles. The number of hydrogen-bond acceptors (Lipinski definition) is 4. The highest BCUT2D eigenvalue weighted by molar-refractivity contribution is 6.35. The Morgan fingerprint density at radius 3 is 2.90 bits per heavy atom. The Morgan fingerprint density at radius 2 is 2.29 bits per heavy atom. The van der Waals surface area contributed by atoms with Gasteiger partial charge in [-0.3, -0.25) is 0 Å². The molecular formula is C14H15Cl2N3O2. The standard InChI is InChI=1S/C14H15Cl2N3O2/c1-2-11-8-20-14(21-11,9-19-6-5-17-18-19)12-4-3-10(15)7-13(12)16/h3-7,11H,2,8-9H2,1H3. The summed E-state index contributed by atoms with van der Waals surface area (Å²) in [5.74, 6) is -0.962. The zero-order valence-electron chi connectivity index (χ0n) is 11.5. The van der Waals surface area contributed by atoms with Gasteiger partial charge in [0.2, 0.25) is 5.79 Å². The van der Waals surface area contributed by atoms with Crippen LogP contribution < -0.4 is 0 Å². The Morgan fingerprint density at radius 1 is 1.43 bits per heavy atom. The van der Waals surface area contributed by atoms with E-state index in [1.165, 1.54) is 0 Å². The highest BCUT2D eigenvalue weighted by Crippen LogP contribution is 2.40. The average Bonchev–Trinajstić information content (AvgIpc) is 3.09. The van der Waals surface area contributed by atoms with Gasteiger partial charge in [0.25, 0.3) is 0 Å². The molecule has 112 valence electrons. The van der Waals surface area contributed by atoms with Crippen molar-refractivity contribution in [2.24, 2.45) is 0 Å². The molecule has 1 fully saturated rings. The van der Waals surface area contributed by atoms with Crippen molar-refractivity contribution in [3.05, 3.63) is 46.2 Å². The highest BCUT2D eigenvalue weighted by atomic mass is 35.5. The summed E-state index contributed by atoms with van der Waals surface area (Å²) < 4.78 is 13.8. The molecule has 0 amide bonds. The van der Waals surface area contributed by atoms with Crippen molar-refractivity contribution in [1.29, 1.82) is 0 Å². The summed E-state index contributed by atoms with van der Waals surface area (Å²) in [4.78, 5) is 0. The maximum Gasteiger partial charge on any atom is 0.217 e. The zero-order valence-corrected chi connectivity index (χ0v) is 13.0. The minimum Gasteiger partial charge on any atom is -0.342 e. The average molecular weight is 328 g/mol. The first-order valence-electron chi connectivity index (χ1n) is 6.74. The molecule has 2 unspecified atom stereocenters. The Labute approximate surface area is 132 Å². The van der Waals surface area contributed by atoms with Crippen molar-refractivity contribution < 1.29 is 9.47 Å². The smallest absolute Gasteiger partial charge is 0.217 e. The van der Waals surface area contributed by atoms with Gasteiger partial charge in [0.15, 0.2) is 0 Å². The van der Waals surface area contributed by atoms with Crippen LogP contribution in [0.15, 0.2) is 30.6 Å². The SMILES string of the molecule is CCC1COC(Cn2ccnn2)(c2ccc(Cl)cc2Cl)O1. The van der Waals surface area contributed by atoms with Gasteiger partial charge in [-0.05, 0) is 18.6 Å². The summed E-state index contributed by atoms with van der Waals surface area (Å²) in [6.45, 7) is 2.96. The van der Waals surface area contributed by atoms with Gasteiger partial charge in [0.05, 0.1) is 23.9 Å². The second-order valence-electron chi connectivity index (χ2n) is 4.94. The van der Waals surface area contributed by atoms with Gasteiger partial charge in [0, 0.05) is 16.8 Å². The van der Waals surface area contributed by atoms with E-state index in [0.717, 1.165) is 12.0 Å². The quantitative estimate of drug-likeness (QED) is 0.864. The molecule has 0 saturated carbocycles. The minimum atomic E-state index is -0.962. The number of ether oxygens (including phenoxy) is 2. The molecule has 1 aromatic heterocycles. The fraction of sp³-hybridized carbons (Fsp3) is 0.429. The molecule has 2 heterocycles. The minimum absolute atomic E-state index is 0.0280. The lowest BCUT2D eigenvalue weighted by Crippen LogP contribution is -2.34. The van der Waals surface area contributed by atoms with Crippen LogP contribution in [0.2, 0.25) is 10.0 Å². The van der Waals surface area contributed by atoms with Gasteiger partial charge < -0.3 is 9.47 Å². The van der Waals surface area contributed by atoms with Crippen LogP contribution in [0.25, 0.3) is 0 Å². The predicted octanol–water partition coefficient (Wildman–Crippen LogP) is 3.26. The van der Waals surface area contributed by atoms with Crippen molar-refractivity contribution in [1.82, 2.24) is 15.0 Å². The summed E-state index contributed by atoms with van der Waals surface area (Å²) in [6, 6.07) is 5.30. The number of benzene rings is 1. The van der Waals surface area contributed by atoms with Crippen LogP contribution in [-0.2, 0) is 21.8 Å². The number of aromatic nitrogens is 3. The van der Waals surface area contributed by atoms with E-state index in [9.17, 15) is 0 Å². The van der Waals surface area contributed by atoms with Crippen molar-refractivity contribution in [2.45, 2.75) is 31.8 Å². The fourth-order valence-electron chi connectivity index (χ4n) is 2.40. The molecule has 1 aromatic carbocycles. The molecule has 1 saturated heterocycles. The molecule has 5 nitrogen and oxygen atoms in total. The second-order valence-corrected chi connectivity index (χ2v) is 5.78. The van der Waals surface area contributed by atoms with E-state index in [-0.39, 0.29) is 6.10 Å². The fourth-order valence-corrected chi connectivity index (χ4v) is 2.96. The maximum absolute atomic E-state index is 6.34. The molecule has 7 heteroatoms. The van der Waals surface area contributed by atoms with Gasteiger partial charge in [-0.15, -0.1) is 5.10 Å². The van der Waals surface area contributed by atoms with E-state index in [2.05, 4.69) is 17.2 Å². The van der Waals surface area contributed by atoms with Crippen molar-refractivity contribution >= 4 is 23.2 Å². The number of hydrogen-bond donors (Lipinski definition) is 0. The van der Waals surface area contributed by atoms with Crippen LogP contribution in [0.3, 0.4) is 0 Å². The Kier molecular flexibility index (Phi) is 4.17. The number of halogens is 2. The topological polar surface area (TPSA) is 49.2 Å². The largest absolute Gasteiger partial charge is 0.342 e. The van der Waals surface area contributed by atoms with Gasteiger partial charge in [0.1, 0.15) is 6.54 Å². The first-order chi connectivity index (χ1) is 10.1. The molecule has 1 aliphatic rings. The molecule has 0 spiro atoms. The summed E-state index contributed by atoms with van der Waals surface area (Å²) in [5, 5.41) is 8.89. The third-order valence-electron chi connectivity index (χ3n) is 3.50. The molecule has 2 aromatic rings. The van der Waals surface area contributed by atoms with Crippen LogP contribution in [-0.4, -0.2) is 27.7 Å². The monoisotopic (exact) mass is 327 g/mol. The lowest BCUT2D eigenvalue weighted by atomic mass is 10.1. The molecule has 0 radical (unpaired) electrons. The summed E-state index contributed by atoms with van der Waals surface area (Å²) in [7, 11) is 0. The van der Waals surface area contributed by atoms with Crippen LogP contribution >= 0.6 is 23.2 Å². The van der Waals surface area contributed by atoms with Crippen LogP contribution in [0.4, 0.5) is 0 Å². The lowest BCUT2D eigenvalue weighted by molar-refractivity contribution is -0.188. The Balaban J connectivity index is 1.99. The van der Waals surface area contributed by atoms with Crippen LogP contribution in [0.5, 0.6) is 0 Å². The van der Waals surface area contributed by atoms with E-state index >= 15 is 0 Å². The van der Waals surface area contributed by atoms with E-state index in [0.29, 0.717) is 23.2 Å². The third kappa shape index (κ3) is 2.92. The number of rotatable bonds is 4. The van der Waals surface area contributed by atoms with Gasteiger partial charge in [-0.2, -0.15) is 0 Å². The first kappa shape index (κ1) is 14.8. The molecule has 3 rings (SSSR count). The Bertz CT molecular complexity index is 621. The lowest BCUT2D eigenvalue weighted by Gasteiger charge is -2.29. The Hall–Kier alpha value is -1.14. The molecule has 0 N–H and O–H groups in total. The molecule has 0 aliphatic carbocycles. The van der Waals surface area contributed by atoms with Gasteiger partial charge in [-0.1, -0.05) is 41.4 Å². The van der Waals surface area contributed by atoms with E-state index in [1.807, 2.05) is 6.07 Å². The molecular weight excluding hydrogens is 313 g/mol. The van der Waals surface area contributed by atoms with Crippen LogP contribution in [0, 0.1) is 0 Å². The van der Waals surface area contributed by atoms with Crippen molar-refractivity contribution in [2.75, 3.05) is 6.61 Å². The summed E-state index contributed by atoms with van der Waals surface area (Å²) >= 11 is 12.3.